The Morgan fingerprint density at radius 1 is 1.50 bits per heavy atom. The van der Waals surface area contributed by atoms with Gasteiger partial charge in [0, 0.05) is 12.2 Å². The molecule has 0 saturated carbocycles. The molecule has 0 spiro atoms. The molecule has 0 atom stereocenters. The number of carbonyl (C=O) groups is 1. The molecule has 1 N–H and O–H groups in total. The summed E-state index contributed by atoms with van der Waals surface area (Å²) in [6.07, 6.45) is 0. The number of hydrogen-bond donors (Lipinski definition) is 1. The van der Waals surface area contributed by atoms with Crippen LogP contribution in [0, 0.1) is 13.8 Å². The van der Waals surface area contributed by atoms with Crippen LogP contribution < -0.4 is 0 Å². The molecule has 16 heavy (non-hydrogen) atoms. The van der Waals surface area contributed by atoms with Crippen LogP contribution in [0.3, 0.4) is 0 Å². The Hall–Kier alpha value is -1.91. The molecule has 0 bridgehead atoms. The molecule has 0 radical (unpaired) electrons. The molecule has 0 aliphatic rings. The van der Waals surface area contributed by atoms with E-state index < -0.39 is 5.97 Å². The van der Waals surface area contributed by atoms with E-state index in [9.17, 15) is 4.79 Å². The maximum absolute atomic E-state index is 11.2. The van der Waals surface area contributed by atoms with E-state index >= 15 is 0 Å². The molecule has 0 unspecified atom stereocenters. The minimum Gasteiger partial charge on any atom is -0.478 e. The lowest BCUT2D eigenvalue weighted by molar-refractivity contribution is 0.0699. The van der Waals surface area contributed by atoms with Gasteiger partial charge in [-0.05, 0) is 26.8 Å². The summed E-state index contributed by atoms with van der Waals surface area (Å²) in [5.74, 6) is -0.936. The zero-order chi connectivity index (χ0) is 11.9. The SMILES string of the molecule is CCn1nc(C)c2c(C(=O)O)cc(C)nc21. The van der Waals surface area contributed by atoms with Crippen molar-refractivity contribution in [3.63, 3.8) is 0 Å². The number of nitrogens with zero attached hydrogens (tertiary/aromatic N) is 3. The molecular formula is C11H13N3O2. The molecule has 5 nitrogen and oxygen atoms in total. The zero-order valence-corrected chi connectivity index (χ0v) is 9.48. The summed E-state index contributed by atoms with van der Waals surface area (Å²) in [5, 5.41) is 14.1. The third-order valence-corrected chi connectivity index (χ3v) is 2.54. The van der Waals surface area contributed by atoms with Gasteiger partial charge in [0.25, 0.3) is 0 Å². The van der Waals surface area contributed by atoms with Gasteiger partial charge in [-0.1, -0.05) is 0 Å². The van der Waals surface area contributed by atoms with Crippen molar-refractivity contribution < 1.29 is 9.90 Å². The Balaban J connectivity index is 2.91. The number of aromatic carboxylic acids is 1. The highest BCUT2D eigenvalue weighted by atomic mass is 16.4. The highest BCUT2D eigenvalue weighted by molar-refractivity contribution is 6.02. The van der Waals surface area contributed by atoms with Gasteiger partial charge in [-0.25, -0.2) is 14.5 Å². The number of pyridine rings is 1. The van der Waals surface area contributed by atoms with Gasteiger partial charge in [-0.2, -0.15) is 5.10 Å². The van der Waals surface area contributed by atoms with Gasteiger partial charge in [0.1, 0.15) is 0 Å². The Morgan fingerprint density at radius 2 is 2.19 bits per heavy atom. The molecule has 5 heteroatoms. The minimum atomic E-state index is -0.936. The van der Waals surface area contributed by atoms with Crippen molar-refractivity contribution >= 4 is 17.0 Å². The molecule has 84 valence electrons. The van der Waals surface area contributed by atoms with Crippen LogP contribution in [0.5, 0.6) is 0 Å². The van der Waals surface area contributed by atoms with Crippen LogP contribution in [0.2, 0.25) is 0 Å². The third kappa shape index (κ3) is 1.44. The van der Waals surface area contributed by atoms with Gasteiger partial charge in [-0.15, -0.1) is 0 Å². The van der Waals surface area contributed by atoms with Gasteiger partial charge >= 0.3 is 5.97 Å². The number of aryl methyl sites for hydroxylation is 3. The monoisotopic (exact) mass is 219 g/mol. The minimum absolute atomic E-state index is 0.278. The molecular weight excluding hydrogens is 206 g/mol. The molecule has 0 aromatic carbocycles. The van der Waals surface area contributed by atoms with Gasteiger partial charge in [0.2, 0.25) is 0 Å². The smallest absolute Gasteiger partial charge is 0.336 e. The topological polar surface area (TPSA) is 68.0 Å². The van der Waals surface area contributed by atoms with E-state index in [1.165, 1.54) is 0 Å². The van der Waals surface area contributed by atoms with E-state index in [4.69, 9.17) is 5.11 Å². The van der Waals surface area contributed by atoms with E-state index in [1.807, 2.05) is 6.92 Å². The summed E-state index contributed by atoms with van der Waals surface area (Å²) >= 11 is 0. The molecule has 0 aliphatic carbocycles. The summed E-state index contributed by atoms with van der Waals surface area (Å²) in [4.78, 5) is 15.5. The van der Waals surface area contributed by atoms with Crippen LogP contribution in [-0.4, -0.2) is 25.8 Å². The molecule has 0 fully saturated rings. The van der Waals surface area contributed by atoms with E-state index in [0.717, 1.165) is 0 Å². The first-order chi connectivity index (χ1) is 7.54. The van der Waals surface area contributed by atoms with Gasteiger partial charge in [0.15, 0.2) is 5.65 Å². The highest BCUT2D eigenvalue weighted by Crippen LogP contribution is 2.22. The fourth-order valence-electron chi connectivity index (χ4n) is 1.87. The largest absolute Gasteiger partial charge is 0.478 e. The second-order valence-electron chi connectivity index (χ2n) is 3.72. The molecule has 0 saturated heterocycles. The summed E-state index contributed by atoms with van der Waals surface area (Å²) in [6, 6.07) is 1.58. The predicted molar refractivity (Wildman–Crippen MR) is 59.6 cm³/mol. The molecule has 2 aromatic heterocycles. The van der Waals surface area contributed by atoms with Crippen molar-refractivity contribution in [3.8, 4) is 0 Å². The van der Waals surface area contributed by atoms with E-state index in [1.54, 1.807) is 24.6 Å². The standard InChI is InChI=1S/C11H13N3O2/c1-4-14-10-9(7(3)13-14)8(11(15)16)5-6(2)12-10/h5H,4H2,1-3H3,(H,15,16). The second kappa shape index (κ2) is 3.59. The lowest BCUT2D eigenvalue weighted by Gasteiger charge is -2.01. The van der Waals surface area contributed by atoms with Crippen LogP contribution in [0.25, 0.3) is 11.0 Å². The fraction of sp³-hybridized carbons (Fsp3) is 0.364. The Kier molecular flexibility index (Phi) is 2.38. The van der Waals surface area contributed by atoms with E-state index in [0.29, 0.717) is 29.0 Å². The number of carboxylic acid groups (broad SMARTS) is 1. The summed E-state index contributed by atoms with van der Waals surface area (Å²) < 4.78 is 1.73. The molecule has 2 rings (SSSR count). The number of aromatic nitrogens is 3. The van der Waals surface area contributed by atoms with Crippen molar-refractivity contribution in [1.29, 1.82) is 0 Å². The zero-order valence-electron chi connectivity index (χ0n) is 9.48. The normalized spacial score (nSPS) is 10.9. The summed E-state index contributed by atoms with van der Waals surface area (Å²) in [6.45, 7) is 6.22. The molecule has 0 aliphatic heterocycles. The van der Waals surface area contributed by atoms with Gasteiger partial charge in [-0.3, -0.25) is 0 Å². The summed E-state index contributed by atoms with van der Waals surface area (Å²) in [7, 11) is 0. The lowest BCUT2D eigenvalue weighted by atomic mass is 10.1. The molecule has 2 heterocycles. The van der Waals surface area contributed by atoms with Gasteiger partial charge < -0.3 is 5.11 Å². The van der Waals surface area contributed by atoms with Crippen LogP contribution in [0.15, 0.2) is 6.07 Å². The van der Waals surface area contributed by atoms with Crippen LogP contribution in [0.4, 0.5) is 0 Å². The van der Waals surface area contributed by atoms with Crippen molar-refractivity contribution in [2.45, 2.75) is 27.3 Å². The van der Waals surface area contributed by atoms with Crippen molar-refractivity contribution in [1.82, 2.24) is 14.8 Å². The van der Waals surface area contributed by atoms with E-state index in [-0.39, 0.29) is 5.56 Å². The average Bonchev–Trinajstić information content (AvgIpc) is 2.54. The molecule has 2 aromatic rings. The first kappa shape index (κ1) is 10.6. The Morgan fingerprint density at radius 3 is 2.75 bits per heavy atom. The van der Waals surface area contributed by atoms with Crippen molar-refractivity contribution in [2.24, 2.45) is 0 Å². The predicted octanol–water partition coefficient (Wildman–Crippen LogP) is 1.77. The van der Waals surface area contributed by atoms with Crippen LogP contribution in [0.1, 0.15) is 28.7 Å². The second-order valence-corrected chi connectivity index (χ2v) is 3.72. The fourth-order valence-corrected chi connectivity index (χ4v) is 1.87. The number of fused-ring (bicyclic) bond motifs is 1. The van der Waals surface area contributed by atoms with Crippen LogP contribution in [-0.2, 0) is 6.54 Å². The Labute approximate surface area is 92.7 Å². The molecule has 0 amide bonds. The maximum Gasteiger partial charge on any atom is 0.336 e. The first-order valence-corrected chi connectivity index (χ1v) is 5.12. The quantitative estimate of drug-likeness (QED) is 0.835. The third-order valence-electron chi connectivity index (χ3n) is 2.54. The van der Waals surface area contributed by atoms with Crippen molar-refractivity contribution in [2.75, 3.05) is 0 Å². The number of carboxylic acids is 1. The van der Waals surface area contributed by atoms with Crippen molar-refractivity contribution in [3.05, 3.63) is 23.0 Å². The Bertz CT molecular complexity index is 572. The lowest BCUT2D eigenvalue weighted by Crippen LogP contribution is -2.02. The first-order valence-electron chi connectivity index (χ1n) is 5.12. The number of rotatable bonds is 2. The highest BCUT2D eigenvalue weighted by Gasteiger charge is 2.17. The average molecular weight is 219 g/mol. The van der Waals surface area contributed by atoms with E-state index in [2.05, 4.69) is 10.1 Å². The van der Waals surface area contributed by atoms with Crippen LogP contribution >= 0.6 is 0 Å². The van der Waals surface area contributed by atoms with Gasteiger partial charge in [0.05, 0.1) is 16.6 Å². The summed E-state index contributed by atoms with van der Waals surface area (Å²) in [5.41, 5.74) is 2.33. The maximum atomic E-state index is 11.2. The number of hydrogen-bond acceptors (Lipinski definition) is 3.